The minimum atomic E-state index is -3.45. The number of carbonyl (C=O) groups excluding carboxylic acids is 1. The quantitative estimate of drug-likeness (QED) is 0.720. The van der Waals surface area contributed by atoms with Crippen LogP contribution in [-0.4, -0.2) is 63.8 Å². The predicted molar refractivity (Wildman–Crippen MR) is 94.6 cm³/mol. The zero-order chi connectivity index (χ0) is 17.6. The molecular formula is C17H27N3O3S. The van der Waals surface area contributed by atoms with Crippen LogP contribution >= 0.6 is 0 Å². The highest BCUT2D eigenvalue weighted by molar-refractivity contribution is 7.89. The molecule has 0 spiro atoms. The first-order valence-electron chi connectivity index (χ1n) is 8.44. The molecule has 1 heterocycles. The number of nitrogens with zero attached hydrogens (tertiary/aromatic N) is 2. The Morgan fingerprint density at radius 2 is 1.75 bits per heavy atom. The second kappa shape index (κ2) is 8.60. The maximum atomic E-state index is 12.1. The summed E-state index contributed by atoms with van der Waals surface area (Å²) in [5.41, 5.74) is 0.479. The maximum Gasteiger partial charge on any atom is 0.251 e. The summed E-state index contributed by atoms with van der Waals surface area (Å²) in [5, 5.41) is 2.89. The lowest BCUT2D eigenvalue weighted by Gasteiger charge is -2.14. The van der Waals surface area contributed by atoms with Crippen molar-refractivity contribution in [2.24, 2.45) is 0 Å². The first-order valence-corrected chi connectivity index (χ1v) is 9.88. The normalized spacial score (nSPS) is 15.8. The zero-order valence-corrected chi connectivity index (χ0v) is 15.3. The van der Waals surface area contributed by atoms with Crippen molar-refractivity contribution in [2.75, 3.05) is 40.3 Å². The van der Waals surface area contributed by atoms with E-state index in [4.69, 9.17) is 0 Å². The number of amides is 1. The molecule has 6 nitrogen and oxygen atoms in total. The highest BCUT2D eigenvalue weighted by Gasteiger charge is 2.17. The van der Waals surface area contributed by atoms with E-state index in [0.29, 0.717) is 12.1 Å². The number of benzene rings is 1. The third kappa shape index (κ3) is 5.03. The molecule has 2 rings (SSSR count). The molecule has 1 aromatic rings. The van der Waals surface area contributed by atoms with E-state index in [1.807, 2.05) is 0 Å². The molecule has 7 heteroatoms. The van der Waals surface area contributed by atoms with Crippen LogP contribution in [0.4, 0.5) is 0 Å². The largest absolute Gasteiger partial charge is 0.352 e. The van der Waals surface area contributed by atoms with Gasteiger partial charge in [0.05, 0.1) is 4.90 Å². The summed E-state index contributed by atoms with van der Waals surface area (Å²) in [6.07, 6.45) is 4.64. The van der Waals surface area contributed by atoms with Crippen molar-refractivity contribution in [3.05, 3.63) is 29.8 Å². The molecule has 0 bridgehead atoms. The van der Waals surface area contributed by atoms with Gasteiger partial charge in [-0.2, -0.15) is 0 Å². The minimum absolute atomic E-state index is 0.162. The number of hydrogen-bond donors (Lipinski definition) is 1. The molecule has 1 aliphatic heterocycles. The molecule has 0 saturated carbocycles. The average molecular weight is 353 g/mol. The first kappa shape index (κ1) is 18.9. The molecule has 1 aromatic carbocycles. The smallest absolute Gasteiger partial charge is 0.251 e. The van der Waals surface area contributed by atoms with Crippen LogP contribution < -0.4 is 5.32 Å². The zero-order valence-electron chi connectivity index (χ0n) is 14.5. The van der Waals surface area contributed by atoms with Gasteiger partial charge < -0.3 is 10.2 Å². The van der Waals surface area contributed by atoms with Crippen LogP contribution in [0.3, 0.4) is 0 Å². The fraction of sp³-hybridized carbons (Fsp3) is 0.588. The summed E-state index contributed by atoms with van der Waals surface area (Å²) >= 11 is 0. The minimum Gasteiger partial charge on any atom is -0.352 e. The third-order valence-corrected chi connectivity index (χ3v) is 6.11. The molecule has 0 atom stereocenters. The lowest BCUT2D eigenvalue weighted by Crippen LogP contribution is -2.26. The molecule has 0 radical (unpaired) electrons. The summed E-state index contributed by atoms with van der Waals surface area (Å²) in [6.45, 7) is 4.15. The van der Waals surface area contributed by atoms with E-state index in [1.165, 1.54) is 52.2 Å². The van der Waals surface area contributed by atoms with Crippen molar-refractivity contribution in [3.63, 3.8) is 0 Å². The number of hydrogen-bond acceptors (Lipinski definition) is 4. The molecular weight excluding hydrogens is 326 g/mol. The highest BCUT2D eigenvalue weighted by atomic mass is 32.2. The van der Waals surface area contributed by atoms with Gasteiger partial charge >= 0.3 is 0 Å². The van der Waals surface area contributed by atoms with Crippen molar-refractivity contribution >= 4 is 15.9 Å². The van der Waals surface area contributed by atoms with Gasteiger partial charge in [0.25, 0.3) is 5.91 Å². The van der Waals surface area contributed by atoms with E-state index in [9.17, 15) is 13.2 Å². The summed E-state index contributed by atoms with van der Waals surface area (Å²) < 4.78 is 25.1. The van der Waals surface area contributed by atoms with E-state index < -0.39 is 10.0 Å². The number of unbranched alkanes of at least 4 members (excludes halogenated alkanes) is 1. The van der Waals surface area contributed by atoms with Crippen molar-refractivity contribution in [1.29, 1.82) is 0 Å². The molecule has 134 valence electrons. The maximum absolute atomic E-state index is 12.1. The SMILES string of the molecule is CN(C)S(=O)(=O)c1ccc(C(=O)NCCCCN2CCCC2)cc1. The van der Waals surface area contributed by atoms with Gasteiger partial charge in [0.2, 0.25) is 10.0 Å². The molecule has 1 saturated heterocycles. The molecule has 1 fully saturated rings. The van der Waals surface area contributed by atoms with Gasteiger partial charge in [-0.25, -0.2) is 12.7 Å². The van der Waals surface area contributed by atoms with E-state index in [-0.39, 0.29) is 10.8 Å². The number of rotatable bonds is 8. The van der Waals surface area contributed by atoms with E-state index >= 15 is 0 Å². The molecule has 24 heavy (non-hydrogen) atoms. The van der Waals surface area contributed by atoms with E-state index in [0.717, 1.165) is 23.7 Å². The average Bonchev–Trinajstić information content (AvgIpc) is 3.07. The van der Waals surface area contributed by atoms with Gasteiger partial charge in [-0.15, -0.1) is 0 Å². The van der Waals surface area contributed by atoms with Gasteiger partial charge in [0.15, 0.2) is 0 Å². The topological polar surface area (TPSA) is 69.7 Å². The molecule has 1 N–H and O–H groups in total. The summed E-state index contributed by atoms with van der Waals surface area (Å²) in [4.78, 5) is 14.7. The highest BCUT2D eigenvalue weighted by Crippen LogP contribution is 2.14. The molecule has 0 aliphatic carbocycles. The standard InChI is InChI=1S/C17H27N3O3S/c1-19(2)24(22,23)16-9-7-15(8-10-16)17(21)18-11-3-4-12-20-13-5-6-14-20/h7-10H,3-6,11-14H2,1-2H3,(H,18,21). The number of carbonyl (C=O) groups is 1. The second-order valence-electron chi connectivity index (χ2n) is 6.32. The van der Waals surface area contributed by atoms with Crippen LogP contribution in [0.2, 0.25) is 0 Å². The molecule has 0 unspecified atom stereocenters. The Kier molecular flexibility index (Phi) is 6.77. The van der Waals surface area contributed by atoms with Crippen LogP contribution in [0.1, 0.15) is 36.0 Å². The van der Waals surface area contributed by atoms with Crippen molar-refractivity contribution in [1.82, 2.24) is 14.5 Å². The Bertz CT molecular complexity index is 636. The van der Waals surface area contributed by atoms with Crippen LogP contribution in [0.5, 0.6) is 0 Å². The fourth-order valence-electron chi connectivity index (χ4n) is 2.76. The van der Waals surface area contributed by atoms with Crippen LogP contribution in [-0.2, 0) is 10.0 Å². The Balaban J connectivity index is 1.76. The van der Waals surface area contributed by atoms with Gasteiger partial charge in [0.1, 0.15) is 0 Å². The van der Waals surface area contributed by atoms with Gasteiger partial charge in [-0.1, -0.05) is 0 Å². The van der Waals surface area contributed by atoms with E-state index in [1.54, 1.807) is 12.1 Å². The lowest BCUT2D eigenvalue weighted by molar-refractivity contribution is 0.0952. The Morgan fingerprint density at radius 3 is 2.33 bits per heavy atom. The monoisotopic (exact) mass is 353 g/mol. The molecule has 1 amide bonds. The Labute approximate surface area is 144 Å². The Hall–Kier alpha value is -1.44. The number of sulfonamides is 1. The van der Waals surface area contributed by atoms with Gasteiger partial charge in [-0.3, -0.25) is 4.79 Å². The lowest BCUT2D eigenvalue weighted by atomic mass is 10.2. The van der Waals surface area contributed by atoms with Crippen LogP contribution in [0.25, 0.3) is 0 Å². The summed E-state index contributed by atoms with van der Waals surface area (Å²) in [7, 11) is -0.486. The van der Waals surface area contributed by atoms with Crippen molar-refractivity contribution < 1.29 is 13.2 Å². The molecule has 0 aromatic heterocycles. The van der Waals surface area contributed by atoms with Crippen molar-refractivity contribution in [2.45, 2.75) is 30.6 Å². The van der Waals surface area contributed by atoms with Gasteiger partial charge in [0, 0.05) is 26.2 Å². The fourth-order valence-corrected chi connectivity index (χ4v) is 3.66. The van der Waals surface area contributed by atoms with Crippen LogP contribution in [0, 0.1) is 0 Å². The number of nitrogens with one attached hydrogen (secondary N) is 1. The second-order valence-corrected chi connectivity index (χ2v) is 8.48. The van der Waals surface area contributed by atoms with Crippen LogP contribution in [0.15, 0.2) is 29.2 Å². The van der Waals surface area contributed by atoms with Crippen molar-refractivity contribution in [3.8, 4) is 0 Å². The first-order chi connectivity index (χ1) is 11.4. The van der Waals surface area contributed by atoms with E-state index in [2.05, 4.69) is 10.2 Å². The Morgan fingerprint density at radius 1 is 1.12 bits per heavy atom. The van der Waals surface area contributed by atoms with Gasteiger partial charge in [-0.05, 0) is 69.6 Å². The number of likely N-dealkylation sites (tertiary alicyclic amines) is 1. The predicted octanol–water partition coefficient (Wildman–Crippen LogP) is 1.54. The molecule has 1 aliphatic rings. The summed E-state index contributed by atoms with van der Waals surface area (Å²) in [5.74, 6) is -0.162. The summed E-state index contributed by atoms with van der Waals surface area (Å²) in [6, 6.07) is 6.04. The third-order valence-electron chi connectivity index (χ3n) is 4.28.